The number of ether oxygens (including phenoxy) is 1. The van der Waals surface area contributed by atoms with Gasteiger partial charge in [-0.25, -0.2) is 12.8 Å². The molecule has 1 aromatic rings. The molecule has 1 rings (SSSR count). The Morgan fingerprint density at radius 2 is 2.11 bits per heavy atom. The molecule has 0 aromatic heterocycles. The smallest absolute Gasteiger partial charge is 0.165 e. The lowest BCUT2D eigenvalue weighted by Gasteiger charge is -2.17. The van der Waals surface area contributed by atoms with E-state index < -0.39 is 15.7 Å². The van der Waals surface area contributed by atoms with E-state index >= 15 is 0 Å². The minimum Gasteiger partial charge on any atom is -0.494 e. The molecule has 0 amide bonds. The lowest BCUT2D eigenvalue weighted by atomic mass is 10.0. The van der Waals surface area contributed by atoms with Gasteiger partial charge in [0, 0.05) is 12.3 Å². The summed E-state index contributed by atoms with van der Waals surface area (Å²) < 4.78 is 40.5. The van der Waals surface area contributed by atoms with Crippen molar-refractivity contribution in [1.29, 1.82) is 0 Å². The second kappa shape index (κ2) is 6.15. The Bertz CT molecular complexity index is 502. The lowest BCUT2D eigenvalue weighted by molar-refractivity contribution is 0.385. The average molecular weight is 275 g/mol. The number of methoxy groups -OCH3 is 1. The van der Waals surface area contributed by atoms with Crippen LogP contribution in [0.5, 0.6) is 5.75 Å². The molecule has 0 fully saturated rings. The molecule has 0 saturated heterocycles. The quantitative estimate of drug-likeness (QED) is 0.855. The molecule has 18 heavy (non-hydrogen) atoms. The first-order chi connectivity index (χ1) is 8.37. The van der Waals surface area contributed by atoms with Gasteiger partial charge in [-0.15, -0.1) is 0 Å². The van der Waals surface area contributed by atoms with Crippen molar-refractivity contribution in [2.24, 2.45) is 0 Å². The fourth-order valence-electron chi connectivity index (χ4n) is 1.70. The third-order valence-electron chi connectivity index (χ3n) is 2.70. The van der Waals surface area contributed by atoms with Gasteiger partial charge in [-0.1, -0.05) is 6.07 Å². The van der Waals surface area contributed by atoms with Gasteiger partial charge in [0.25, 0.3) is 0 Å². The minimum atomic E-state index is -3.01. The van der Waals surface area contributed by atoms with Crippen molar-refractivity contribution in [1.82, 2.24) is 5.32 Å². The maximum atomic E-state index is 13.3. The molecule has 0 spiro atoms. The van der Waals surface area contributed by atoms with E-state index in [9.17, 15) is 12.8 Å². The fraction of sp³-hybridized carbons (Fsp3) is 0.500. The molecule has 0 radical (unpaired) electrons. The normalized spacial score (nSPS) is 13.3. The van der Waals surface area contributed by atoms with Gasteiger partial charge in [-0.05, 0) is 31.2 Å². The molecule has 1 N–H and O–H groups in total. The van der Waals surface area contributed by atoms with Crippen LogP contribution in [-0.2, 0) is 9.84 Å². The second-order valence-corrected chi connectivity index (χ2v) is 6.41. The van der Waals surface area contributed by atoms with Crippen molar-refractivity contribution < 1.29 is 17.5 Å². The van der Waals surface area contributed by atoms with Crippen LogP contribution in [0.2, 0.25) is 0 Å². The van der Waals surface area contributed by atoms with Crippen LogP contribution in [0.15, 0.2) is 18.2 Å². The SMILES string of the molecule is CNC(CCS(C)(=O)=O)c1ccc(F)c(OC)c1. The van der Waals surface area contributed by atoms with Crippen LogP contribution >= 0.6 is 0 Å². The summed E-state index contributed by atoms with van der Waals surface area (Å²) in [5.41, 5.74) is 0.805. The summed E-state index contributed by atoms with van der Waals surface area (Å²) in [6.07, 6.45) is 1.63. The van der Waals surface area contributed by atoms with E-state index in [1.807, 2.05) is 0 Å². The van der Waals surface area contributed by atoms with Crippen molar-refractivity contribution in [3.05, 3.63) is 29.6 Å². The third kappa shape index (κ3) is 4.27. The second-order valence-electron chi connectivity index (χ2n) is 4.15. The number of nitrogens with one attached hydrogen (secondary N) is 1. The van der Waals surface area contributed by atoms with Gasteiger partial charge >= 0.3 is 0 Å². The molecule has 1 unspecified atom stereocenters. The van der Waals surface area contributed by atoms with E-state index in [1.165, 1.54) is 19.4 Å². The minimum absolute atomic E-state index is 0.0815. The maximum absolute atomic E-state index is 13.3. The Labute approximate surface area is 107 Å². The number of hydrogen-bond donors (Lipinski definition) is 1. The van der Waals surface area contributed by atoms with Crippen LogP contribution in [-0.4, -0.2) is 34.6 Å². The summed E-state index contributed by atoms with van der Waals surface area (Å²) >= 11 is 0. The van der Waals surface area contributed by atoms with Crippen LogP contribution in [0.4, 0.5) is 4.39 Å². The van der Waals surface area contributed by atoms with E-state index in [1.54, 1.807) is 19.2 Å². The van der Waals surface area contributed by atoms with Gasteiger partial charge in [-0.3, -0.25) is 0 Å². The van der Waals surface area contributed by atoms with Crippen LogP contribution in [0.25, 0.3) is 0 Å². The number of sulfone groups is 1. The van der Waals surface area contributed by atoms with E-state index in [0.29, 0.717) is 6.42 Å². The van der Waals surface area contributed by atoms with Gasteiger partial charge in [0.05, 0.1) is 12.9 Å². The third-order valence-corrected chi connectivity index (χ3v) is 3.68. The predicted octanol–water partition coefficient (Wildman–Crippen LogP) is 1.53. The Kier molecular flexibility index (Phi) is 5.10. The molecule has 0 aliphatic heterocycles. The standard InChI is InChI=1S/C12H18FNO3S/c1-14-11(6-7-18(3,15)16)9-4-5-10(13)12(8-9)17-2/h4-5,8,11,14H,6-7H2,1-3H3. The summed E-state index contributed by atoms with van der Waals surface area (Å²) in [5.74, 6) is -0.190. The molecule has 102 valence electrons. The Balaban J connectivity index is 2.88. The van der Waals surface area contributed by atoms with Crippen LogP contribution in [0, 0.1) is 5.82 Å². The highest BCUT2D eigenvalue weighted by Crippen LogP contribution is 2.24. The monoisotopic (exact) mass is 275 g/mol. The maximum Gasteiger partial charge on any atom is 0.165 e. The van der Waals surface area contributed by atoms with E-state index in [2.05, 4.69) is 5.32 Å². The van der Waals surface area contributed by atoms with Crippen LogP contribution in [0.1, 0.15) is 18.0 Å². The van der Waals surface area contributed by atoms with Crippen LogP contribution < -0.4 is 10.1 Å². The average Bonchev–Trinajstić information content (AvgIpc) is 2.30. The summed E-state index contributed by atoms with van der Waals surface area (Å²) in [5, 5.41) is 3.02. The summed E-state index contributed by atoms with van der Waals surface area (Å²) in [7, 11) is 0.128. The number of halogens is 1. The first-order valence-corrected chi connectivity index (χ1v) is 7.62. The topological polar surface area (TPSA) is 55.4 Å². The van der Waals surface area contributed by atoms with Gasteiger partial charge in [0.15, 0.2) is 11.6 Å². The van der Waals surface area contributed by atoms with Gasteiger partial charge in [0.2, 0.25) is 0 Å². The Morgan fingerprint density at radius 3 is 2.61 bits per heavy atom. The molecule has 4 nitrogen and oxygen atoms in total. The molecule has 1 atom stereocenters. The van der Waals surface area contributed by atoms with Gasteiger partial charge in [0.1, 0.15) is 9.84 Å². The predicted molar refractivity (Wildman–Crippen MR) is 69.1 cm³/mol. The zero-order valence-electron chi connectivity index (χ0n) is 10.7. The molecular weight excluding hydrogens is 257 g/mol. The van der Waals surface area contributed by atoms with Gasteiger partial charge < -0.3 is 10.1 Å². The molecule has 1 aromatic carbocycles. The summed E-state index contributed by atoms with van der Waals surface area (Å²) in [4.78, 5) is 0. The zero-order valence-corrected chi connectivity index (χ0v) is 11.6. The molecular formula is C12H18FNO3S. The van der Waals surface area contributed by atoms with Crippen molar-refractivity contribution in [3.8, 4) is 5.75 Å². The lowest BCUT2D eigenvalue weighted by Crippen LogP contribution is -2.20. The van der Waals surface area contributed by atoms with Crippen molar-refractivity contribution in [3.63, 3.8) is 0 Å². The van der Waals surface area contributed by atoms with Gasteiger partial charge in [-0.2, -0.15) is 0 Å². The summed E-state index contributed by atoms with van der Waals surface area (Å²) in [6, 6.07) is 4.38. The van der Waals surface area contributed by atoms with Crippen molar-refractivity contribution in [2.75, 3.05) is 26.2 Å². The molecule has 0 heterocycles. The van der Waals surface area contributed by atoms with Crippen molar-refractivity contribution >= 4 is 9.84 Å². The first kappa shape index (κ1) is 14.9. The first-order valence-electron chi connectivity index (χ1n) is 5.56. The number of rotatable bonds is 6. The molecule has 0 aliphatic rings. The van der Waals surface area contributed by atoms with Crippen molar-refractivity contribution in [2.45, 2.75) is 12.5 Å². The number of benzene rings is 1. The molecule has 6 heteroatoms. The largest absolute Gasteiger partial charge is 0.494 e. The highest BCUT2D eigenvalue weighted by atomic mass is 32.2. The van der Waals surface area contributed by atoms with Crippen LogP contribution in [0.3, 0.4) is 0 Å². The van der Waals surface area contributed by atoms with E-state index in [0.717, 1.165) is 5.56 Å². The fourth-order valence-corrected chi connectivity index (χ4v) is 2.37. The Hall–Kier alpha value is -1.14. The molecule has 0 saturated carbocycles. The molecule has 0 aliphatic carbocycles. The van der Waals surface area contributed by atoms with E-state index in [-0.39, 0.29) is 17.5 Å². The summed E-state index contributed by atoms with van der Waals surface area (Å²) in [6.45, 7) is 0. The molecule has 0 bridgehead atoms. The Morgan fingerprint density at radius 1 is 1.44 bits per heavy atom. The van der Waals surface area contributed by atoms with E-state index in [4.69, 9.17) is 4.74 Å². The zero-order chi connectivity index (χ0) is 13.8. The highest BCUT2D eigenvalue weighted by Gasteiger charge is 2.14. The number of hydrogen-bond acceptors (Lipinski definition) is 4. The highest BCUT2D eigenvalue weighted by molar-refractivity contribution is 7.90.